The van der Waals surface area contributed by atoms with Crippen molar-refractivity contribution in [2.45, 2.75) is 16.9 Å². The van der Waals surface area contributed by atoms with Gasteiger partial charge in [0.05, 0.1) is 6.21 Å². The standard InChI is InChI=1S/C23H19N3O3S/c1-16-7-10-19(11-8-16)30-22-12-9-18(29-22)14-25-26-21(27)15-28-20-6-2-4-17-5-3-13-24-23(17)20/h2-14H,15H2,1H3,(H,26,27)/b25-14+. The lowest BCUT2D eigenvalue weighted by Gasteiger charge is -2.07. The molecule has 0 bridgehead atoms. The number of furan rings is 1. The average Bonchev–Trinajstić information content (AvgIpc) is 3.21. The Hall–Kier alpha value is -3.58. The maximum absolute atomic E-state index is 12.0. The third-order valence-electron chi connectivity index (χ3n) is 4.18. The fraction of sp³-hybridized carbons (Fsp3) is 0.0870. The highest BCUT2D eigenvalue weighted by Gasteiger charge is 2.06. The monoisotopic (exact) mass is 417 g/mol. The first-order valence-electron chi connectivity index (χ1n) is 9.30. The molecule has 6 nitrogen and oxygen atoms in total. The van der Waals surface area contributed by atoms with E-state index in [1.807, 2.05) is 49.4 Å². The Morgan fingerprint density at radius 3 is 2.83 bits per heavy atom. The van der Waals surface area contributed by atoms with Gasteiger partial charge in [0, 0.05) is 16.5 Å². The summed E-state index contributed by atoms with van der Waals surface area (Å²) in [5.74, 6) is 0.722. The van der Waals surface area contributed by atoms with Crippen molar-refractivity contribution in [3.05, 3.63) is 84.3 Å². The summed E-state index contributed by atoms with van der Waals surface area (Å²) in [5.41, 5.74) is 4.36. The molecular weight excluding hydrogens is 398 g/mol. The first-order valence-corrected chi connectivity index (χ1v) is 10.1. The number of nitrogens with zero attached hydrogens (tertiary/aromatic N) is 2. The van der Waals surface area contributed by atoms with Crippen molar-refractivity contribution >= 4 is 34.8 Å². The first-order chi connectivity index (χ1) is 14.7. The molecule has 0 atom stereocenters. The van der Waals surface area contributed by atoms with Gasteiger partial charge in [0.2, 0.25) is 0 Å². The normalized spacial score (nSPS) is 11.1. The molecule has 4 aromatic rings. The van der Waals surface area contributed by atoms with Crippen LogP contribution in [-0.2, 0) is 4.79 Å². The Morgan fingerprint density at radius 1 is 1.13 bits per heavy atom. The topological polar surface area (TPSA) is 76.7 Å². The van der Waals surface area contributed by atoms with Crippen molar-refractivity contribution in [2.75, 3.05) is 6.61 Å². The largest absolute Gasteiger partial charge is 0.481 e. The van der Waals surface area contributed by atoms with Crippen molar-refractivity contribution in [1.29, 1.82) is 0 Å². The molecule has 7 heteroatoms. The van der Waals surface area contributed by atoms with Crippen LogP contribution in [0.1, 0.15) is 11.3 Å². The van der Waals surface area contributed by atoms with E-state index in [0.29, 0.717) is 17.0 Å². The van der Waals surface area contributed by atoms with Gasteiger partial charge in [-0.2, -0.15) is 5.10 Å². The highest BCUT2D eigenvalue weighted by molar-refractivity contribution is 7.99. The predicted molar refractivity (Wildman–Crippen MR) is 117 cm³/mol. The van der Waals surface area contributed by atoms with Gasteiger partial charge in [0.1, 0.15) is 17.0 Å². The van der Waals surface area contributed by atoms with Crippen LogP contribution in [0, 0.1) is 6.92 Å². The number of pyridine rings is 1. The molecule has 2 aromatic heterocycles. The van der Waals surface area contributed by atoms with Crippen LogP contribution >= 0.6 is 11.8 Å². The molecule has 1 N–H and O–H groups in total. The Morgan fingerprint density at radius 2 is 1.97 bits per heavy atom. The van der Waals surface area contributed by atoms with Crippen molar-refractivity contribution < 1.29 is 13.9 Å². The van der Waals surface area contributed by atoms with Gasteiger partial charge in [-0.05, 0) is 43.3 Å². The number of ether oxygens (including phenoxy) is 1. The summed E-state index contributed by atoms with van der Waals surface area (Å²) in [6.45, 7) is 1.88. The molecule has 0 unspecified atom stereocenters. The second-order valence-corrected chi connectivity index (χ2v) is 7.56. The lowest BCUT2D eigenvalue weighted by Crippen LogP contribution is -2.24. The molecule has 0 aliphatic heterocycles. The van der Waals surface area contributed by atoms with Crippen LogP contribution < -0.4 is 10.2 Å². The van der Waals surface area contributed by atoms with Gasteiger partial charge in [0.15, 0.2) is 11.7 Å². The van der Waals surface area contributed by atoms with Gasteiger partial charge >= 0.3 is 0 Å². The minimum Gasteiger partial charge on any atom is -0.481 e. The molecule has 1 amide bonds. The zero-order valence-corrected chi connectivity index (χ0v) is 17.1. The van der Waals surface area contributed by atoms with Crippen molar-refractivity contribution in [2.24, 2.45) is 5.10 Å². The molecule has 0 saturated heterocycles. The molecule has 4 rings (SSSR count). The molecule has 150 valence electrons. The van der Waals surface area contributed by atoms with E-state index in [1.165, 1.54) is 23.5 Å². The number of aryl methyl sites for hydroxylation is 1. The average molecular weight is 417 g/mol. The molecular formula is C23H19N3O3S. The summed E-state index contributed by atoms with van der Waals surface area (Å²) in [6.07, 6.45) is 3.14. The Labute approximate surface area is 178 Å². The van der Waals surface area contributed by atoms with Crippen LogP contribution in [-0.4, -0.2) is 23.7 Å². The van der Waals surface area contributed by atoms with E-state index in [0.717, 1.165) is 15.4 Å². The second kappa shape index (κ2) is 9.28. The van der Waals surface area contributed by atoms with Crippen molar-refractivity contribution in [3.63, 3.8) is 0 Å². The summed E-state index contributed by atoms with van der Waals surface area (Å²) < 4.78 is 11.3. The number of aromatic nitrogens is 1. The third kappa shape index (κ3) is 5.07. The number of nitrogens with one attached hydrogen (secondary N) is 1. The third-order valence-corrected chi connectivity index (χ3v) is 5.11. The summed E-state index contributed by atoms with van der Waals surface area (Å²) in [6, 6.07) is 21.2. The van der Waals surface area contributed by atoms with Gasteiger partial charge in [-0.3, -0.25) is 9.78 Å². The zero-order chi connectivity index (χ0) is 20.8. The number of amides is 1. The summed E-state index contributed by atoms with van der Waals surface area (Å²) in [7, 11) is 0. The van der Waals surface area contributed by atoms with E-state index in [1.54, 1.807) is 18.3 Å². The fourth-order valence-corrected chi connectivity index (χ4v) is 3.50. The fourth-order valence-electron chi connectivity index (χ4n) is 2.72. The maximum Gasteiger partial charge on any atom is 0.277 e. The number of para-hydroxylation sites is 1. The molecule has 2 aromatic carbocycles. The van der Waals surface area contributed by atoms with Gasteiger partial charge < -0.3 is 9.15 Å². The molecule has 0 radical (unpaired) electrons. The minimum atomic E-state index is -0.375. The second-order valence-electron chi connectivity index (χ2n) is 6.49. The molecule has 0 aliphatic rings. The SMILES string of the molecule is Cc1ccc(Sc2ccc(/C=N/NC(=O)COc3cccc4cccnc34)o2)cc1. The number of hydrazone groups is 1. The van der Waals surface area contributed by atoms with E-state index in [-0.39, 0.29) is 12.5 Å². The van der Waals surface area contributed by atoms with Crippen LogP contribution in [0.4, 0.5) is 0 Å². The first kappa shape index (κ1) is 19.7. The zero-order valence-electron chi connectivity index (χ0n) is 16.2. The number of benzene rings is 2. The molecule has 0 aliphatic carbocycles. The van der Waals surface area contributed by atoms with E-state index in [9.17, 15) is 4.79 Å². The number of carbonyl (C=O) groups is 1. The highest BCUT2D eigenvalue weighted by atomic mass is 32.2. The summed E-state index contributed by atoms with van der Waals surface area (Å²) in [5, 5.41) is 5.62. The van der Waals surface area contributed by atoms with Gasteiger partial charge in [-0.15, -0.1) is 0 Å². The summed E-state index contributed by atoms with van der Waals surface area (Å²) >= 11 is 1.52. The van der Waals surface area contributed by atoms with E-state index in [4.69, 9.17) is 9.15 Å². The van der Waals surface area contributed by atoms with Crippen LogP contribution in [0.15, 0.2) is 92.4 Å². The lowest BCUT2D eigenvalue weighted by atomic mass is 10.2. The maximum atomic E-state index is 12.0. The van der Waals surface area contributed by atoms with Crippen molar-refractivity contribution in [1.82, 2.24) is 10.4 Å². The minimum absolute atomic E-state index is 0.167. The number of carbonyl (C=O) groups excluding carboxylic acids is 1. The number of rotatable bonds is 7. The van der Waals surface area contributed by atoms with E-state index in [2.05, 4.69) is 27.6 Å². The molecule has 30 heavy (non-hydrogen) atoms. The van der Waals surface area contributed by atoms with Crippen LogP contribution in [0.5, 0.6) is 5.75 Å². The van der Waals surface area contributed by atoms with Gasteiger partial charge in [-0.1, -0.05) is 47.7 Å². The van der Waals surface area contributed by atoms with Gasteiger partial charge in [0.25, 0.3) is 5.91 Å². The van der Waals surface area contributed by atoms with E-state index < -0.39 is 0 Å². The molecule has 0 fully saturated rings. The van der Waals surface area contributed by atoms with Crippen LogP contribution in [0.3, 0.4) is 0 Å². The Kier molecular flexibility index (Phi) is 6.10. The number of hydrogen-bond acceptors (Lipinski definition) is 6. The molecule has 2 heterocycles. The van der Waals surface area contributed by atoms with E-state index >= 15 is 0 Å². The van der Waals surface area contributed by atoms with Crippen LogP contribution in [0.25, 0.3) is 10.9 Å². The Balaban J connectivity index is 1.28. The van der Waals surface area contributed by atoms with Crippen LogP contribution in [0.2, 0.25) is 0 Å². The summed E-state index contributed by atoms with van der Waals surface area (Å²) in [4.78, 5) is 17.4. The van der Waals surface area contributed by atoms with Gasteiger partial charge in [-0.25, -0.2) is 5.43 Å². The number of fused-ring (bicyclic) bond motifs is 1. The smallest absolute Gasteiger partial charge is 0.277 e. The van der Waals surface area contributed by atoms with Crippen molar-refractivity contribution in [3.8, 4) is 5.75 Å². The molecule has 0 spiro atoms. The lowest BCUT2D eigenvalue weighted by molar-refractivity contribution is -0.123. The number of hydrogen-bond donors (Lipinski definition) is 1. The highest BCUT2D eigenvalue weighted by Crippen LogP contribution is 2.29. The Bertz CT molecular complexity index is 1180. The molecule has 0 saturated carbocycles. The predicted octanol–water partition coefficient (Wildman–Crippen LogP) is 4.82. The quantitative estimate of drug-likeness (QED) is 0.345.